The van der Waals surface area contributed by atoms with E-state index in [9.17, 15) is 22.7 Å². The molecule has 7 nitrogen and oxygen atoms in total. The van der Waals surface area contributed by atoms with Crippen LogP contribution >= 0.6 is 23.2 Å². The first-order valence-corrected chi connectivity index (χ1v) is 12.5. The van der Waals surface area contributed by atoms with Gasteiger partial charge in [0, 0.05) is 34.7 Å². The first-order chi connectivity index (χ1) is 16.6. The minimum absolute atomic E-state index is 0.0747. The number of fused-ring (bicyclic) bond motifs is 1. The van der Waals surface area contributed by atoms with Crippen molar-refractivity contribution in [2.75, 3.05) is 0 Å². The van der Waals surface area contributed by atoms with Crippen LogP contribution in [0, 0.1) is 5.82 Å². The van der Waals surface area contributed by atoms with Gasteiger partial charge in [-0.3, -0.25) is 9.78 Å². The number of nitrogens with one attached hydrogen (secondary N) is 2. The molecule has 0 spiro atoms. The van der Waals surface area contributed by atoms with Gasteiger partial charge < -0.3 is 10.4 Å². The summed E-state index contributed by atoms with van der Waals surface area (Å²) in [5.41, 5.74) is 0.993. The second-order valence-electron chi connectivity index (χ2n) is 7.58. The Morgan fingerprint density at radius 2 is 1.51 bits per heavy atom. The normalized spacial score (nSPS) is 11.5. The highest BCUT2D eigenvalue weighted by atomic mass is 35.5. The van der Waals surface area contributed by atoms with E-state index in [0.29, 0.717) is 15.6 Å². The highest BCUT2D eigenvalue weighted by molar-refractivity contribution is 7.89. The number of pyridine rings is 1. The second kappa shape index (κ2) is 10.2. The van der Waals surface area contributed by atoms with Crippen LogP contribution in [0.5, 0.6) is 5.75 Å². The molecule has 4 aromatic rings. The fourth-order valence-corrected chi connectivity index (χ4v) is 4.78. The van der Waals surface area contributed by atoms with Crippen LogP contribution in [0.4, 0.5) is 4.39 Å². The molecule has 0 atom stereocenters. The lowest BCUT2D eigenvalue weighted by atomic mass is 10.1. The Labute approximate surface area is 210 Å². The minimum atomic E-state index is -4.23. The van der Waals surface area contributed by atoms with E-state index < -0.39 is 32.4 Å². The van der Waals surface area contributed by atoms with Crippen molar-refractivity contribution in [1.82, 2.24) is 15.0 Å². The number of amides is 1. The molecule has 0 saturated carbocycles. The van der Waals surface area contributed by atoms with E-state index in [1.54, 1.807) is 48.5 Å². The maximum Gasteiger partial charge on any atom is 0.256 e. The summed E-state index contributed by atoms with van der Waals surface area (Å²) in [5, 5.41) is 14.2. The van der Waals surface area contributed by atoms with E-state index in [0.717, 1.165) is 23.9 Å². The number of aromatic nitrogens is 1. The molecule has 0 radical (unpaired) electrons. The van der Waals surface area contributed by atoms with Gasteiger partial charge in [0.2, 0.25) is 10.0 Å². The highest BCUT2D eigenvalue weighted by Gasteiger charge is 2.24. The van der Waals surface area contributed by atoms with Crippen molar-refractivity contribution in [3.63, 3.8) is 0 Å². The highest BCUT2D eigenvalue weighted by Crippen LogP contribution is 2.32. The van der Waals surface area contributed by atoms with Gasteiger partial charge in [-0.15, -0.1) is 0 Å². The predicted molar refractivity (Wildman–Crippen MR) is 131 cm³/mol. The van der Waals surface area contributed by atoms with Crippen LogP contribution in [0.1, 0.15) is 21.5 Å². The molecule has 180 valence electrons. The summed E-state index contributed by atoms with van der Waals surface area (Å²) in [6.07, 6.45) is 1.05. The van der Waals surface area contributed by atoms with Crippen LogP contribution in [-0.4, -0.2) is 24.4 Å². The van der Waals surface area contributed by atoms with Crippen LogP contribution in [0.3, 0.4) is 0 Å². The molecule has 1 amide bonds. The third kappa shape index (κ3) is 5.71. The maximum atomic E-state index is 14.4. The average Bonchev–Trinajstić information content (AvgIpc) is 2.83. The molecule has 0 unspecified atom stereocenters. The molecule has 11 heteroatoms. The zero-order chi connectivity index (χ0) is 25.2. The summed E-state index contributed by atoms with van der Waals surface area (Å²) in [7, 11) is -4.23. The number of sulfonamides is 1. The standard InChI is InChI=1S/C24H18Cl2FN3O4S/c25-16-5-1-14(2-6-16)11-29-24(32)20-13-28-22-19(23(20)31)9-18(27)10-21(22)35(33,34)30-12-15-3-7-17(26)8-4-15/h1-10,13,30H,11-12H2,(H,28,31)(H,29,32). The molecule has 1 aromatic heterocycles. The van der Waals surface area contributed by atoms with E-state index in [-0.39, 0.29) is 29.6 Å². The molecule has 35 heavy (non-hydrogen) atoms. The number of hydrogen-bond donors (Lipinski definition) is 3. The zero-order valence-electron chi connectivity index (χ0n) is 17.9. The number of aromatic hydroxyl groups is 1. The predicted octanol–water partition coefficient (Wildman–Crippen LogP) is 4.79. The van der Waals surface area contributed by atoms with Gasteiger partial charge in [0.15, 0.2) is 0 Å². The Hall–Kier alpha value is -3.24. The van der Waals surface area contributed by atoms with Crippen molar-refractivity contribution in [3.8, 4) is 5.75 Å². The van der Waals surface area contributed by atoms with Crippen LogP contribution in [0.25, 0.3) is 10.9 Å². The number of benzene rings is 3. The maximum absolute atomic E-state index is 14.4. The summed E-state index contributed by atoms with van der Waals surface area (Å²) in [5.74, 6) is -2.17. The molecule has 0 saturated heterocycles. The van der Waals surface area contributed by atoms with E-state index >= 15 is 0 Å². The van der Waals surface area contributed by atoms with Gasteiger partial charge in [0.05, 0.1) is 5.52 Å². The number of carbonyl (C=O) groups is 1. The average molecular weight is 534 g/mol. The molecule has 3 aromatic carbocycles. The molecule has 0 aliphatic rings. The van der Waals surface area contributed by atoms with Gasteiger partial charge >= 0.3 is 0 Å². The second-order valence-corrected chi connectivity index (χ2v) is 10.2. The van der Waals surface area contributed by atoms with Gasteiger partial charge in [-0.1, -0.05) is 47.5 Å². The minimum Gasteiger partial charge on any atom is -0.506 e. The lowest BCUT2D eigenvalue weighted by Crippen LogP contribution is -2.24. The van der Waals surface area contributed by atoms with Crippen molar-refractivity contribution in [2.45, 2.75) is 18.0 Å². The summed E-state index contributed by atoms with van der Waals surface area (Å²) >= 11 is 11.7. The molecular weight excluding hydrogens is 516 g/mol. The van der Waals surface area contributed by atoms with Crippen molar-refractivity contribution in [3.05, 3.63) is 99.4 Å². The van der Waals surface area contributed by atoms with Gasteiger partial charge in [-0.2, -0.15) is 0 Å². The molecule has 1 heterocycles. The molecule has 0 bridgehead atoms. The number of rotatable bonds is 7. The monoisotopic (exact) mass is 533 g/mol. The first kappa shape index (κ1) is 24.9. The SMILES string of the molecule is O=C(NCc1ccc(Cl)cc1)c1cnc2c(S(=O)(=O)NCc3ccc(Cl)cc3)cc(F)cc2c1O. The van der Waals surface area contributed by atoms with E-state index in [1.807, 2.05) is 0 Å². The Balaban J connectivity index is 1.61. The van der Waals surface area contributed by atoms with E-state index in [1.165, 1.54) is 0 Å². The van der Waals surface area contributed by atoms with Gasteiger partial charge in [-0.25, -0.2) is 17.5 Å². The summed E-state index contributed by atoms with van der Waals surface area (Å²) in [4.78, 5) is 16.2. The van der Waals surface area contributed by atoms with Crippen molar-refractivity contribution < 1.29 is 22.7 Å². The molecule has 0 aliphatic heterocycles. The number of nitrogens with zero attached hydrogens (tertiary/aromatic N) is 1. The third-order valence-corrected chi connectivity index (χ3v) is 7.07. The topological polar surface area (TPSA) is 108 Å². The smallest absolute Gasteiger partial charge is 0.256 e. The Kier molecular flexibility index (Phi) is 7.23. The molecule has 0 aliphatic carbocycles. The number of halogens is 3. The largest absolute Gasteiger partial charge is 0.506 e. The van der Waals surface area contributed by atoms with E-state index in [4.69, 9.17) is 23.2 Å². The number of carbonyl (C=O) groups excluding carboxylic acids is 1. The fourth-order valence-electron chi connectivity index (χ4n) is 3.33. The summed E-state index contributed by atoms with van der Waals surface area (Å²) in [6.45, 7) is 0.0690. The molecular formula is C24H18Cl2FN3O4S. The van der Waals surface area contributed by atoms with Gasteiger partial charge in [0.25, 0.3) is 5.91 Å². The van der Waals surface area contributed by atoms with Crippen LogP contribution in [0.15, 0.2) is 71.8 Å². The molecule has 3 N–H and O–H groups in total. The lowest BCUT2D eigenvalue weighted by molar-refractivity contribution is 0.0948. The summed E-state index contributed by atoms with van der Waals surface area (Å²) in [6, 6.07) is 15.0. The Morgan fingerprint density at radius 3 is 2.11 bits per heavy atom. The van der Waals surface area contributed by atoms with Crippen molar-refractivity contribution in [1.29, 1.82) is 0 Å². The van der Waals surface area contributed by atoms with Gasteiger partial charge in [-0.05, 0) is 47.5 Å². The first-order valence-electron chi connectivity index (χ1n) is 10.2. The fraction of sp³-hybridized carbons (Fsp3) is 0.0833. The molecule has 4 rings (SSSR count). The number of hydrogen-bond acceptors (Lipinski definition) is 5. The Morgan fingerprint density at radius 1 is 0.943 bits per heavy atom. The quantitative estimate of drug-likeness (QED) is 0.316. The molecule has 0 fully saturated rings. The van der Waals surface area contributed by atoms with Crippen molar-refractivity contribution >= 4 is 50.0 Å². The zero-order valence-corrected chi connectivity index (χ0v) is 20.3. The van der Waals surface area contributed by atoms with Gasteiger partial charge in [0.1, 0.15) is 22.0 Å². The lowest BCUT2D eigenvalue weighted by Gasteiger charge is -2.13. The van der Waals surface area contributed by atoms with Crippen molar-refractivity contribution in [2.24, 2.45) is 0 Å². The van der Waals surface area contributed by atoms with Crippen LogP contribution < -0.4 is 10.0 Å². The van der Waals surface area contributed by atoms with Crippen LogP contribution in [0.2, 0.25) is 10.0 Å². The van der Waals surface area contributed by atoms with E-state index in [2.05, 4.69) is 15.0 Å². The Bertz CT molecular complexity index is 1510. The third-order valence-electron chi connectivity index (χ3n) is 5.15. The van der Waals surface area contributed by atoms with Crippen LogP contribution in [-0.2, 0) is 23.1 Å². The summed E-state index contributed by atoms with van der Waals surface area (Å²) < 4.78 is 42.7.